The molecule has 16 heteroatoms. The van der Waals surface area contributed by atoms with Gasteiger partial charge in [0, 0.05) is 11.4 Å². The molecule has 0 atom stereocenters. The number of nitrogens with zero attached hydrogens (tertiary/aromatic N) is 6. The van der Waals surface area contributed by atoms with Gasteiger partial charge in [0.1, 0.15) is 0 Å². The van der Waals surface area contributed by atoms with Crippen molar-refractivity contribution in [1.82, 2.24) is 19.6 Å². The first-order valence-corrected chi connectivity index (χ1v) is 9.05. The van der Waals surface area contributed by atoms with Gasteiger partial charge in [-0.15, -0.1) is 0 Å². The average molecular weight is 540 g/mol. The van der Waals surface area contributed by atoms with Crippen LogP contribution in [0.1, 0.15) is 44.9 Å². The first kappa shape index (κ1) is 32.9. The Morgan fingerprint density at radius 1 is 0.886 bits per heavy atom. The van der Waals surface area contributed by atoms with E-state index in [4.69, 9.17) is 40.4 Å². The molecule has 1 radical (unpaired) electrons. The van der Waals surface area contributed by atoms with Gasteiger partial charge in [-0.2, -0.15) is 10.2 Å². The van der Waals surface area contributed by atoms with Gasteiger partial charge in [-0.05, 0) is 57.5 Å². The van der Waals surface area contributed by atoms with Crippen LogP contribution in [0.3, 0.4) is 0 Å². The third-order valence-corrected chi connectivity index (χ3v) is 4.01. The topological polar surface area (TPSA) is 225 Å². The fraction of sp³-hybridized carbons (Fsp3) is 0.263. The molecule has 2 aromatic heterocycles. The van der Waals surface area contributed by atoms with E-state index in [-0.39, 0.29) is 28.8 Å². The van der Waals surface area contributed by atoms with Crippen molar-refractivity contribution < 1.29 is 41.8 Å². The maximum Gasteiger partial charge on any atom is 2.00 e. The van der Waals surface area contributed by atoms with Gasteiger partial charge in [0.2, 0.25) is 0 Å². The Balaban J connectivity index is 0. The van der Waals surface area contributed by atoms with Crippen molar-refractivity contribution in [2.75, 3.05) is 0 Å². The summed E-state index contributed by atoms with van der Waals surface area (Å²) in [5.74, 6) is -0.935. The number of carboxylic acid groups (broad SMARTS) is 1. The minimum atomic E-state index is -1.75. The van der Waals surface area contributed by atoms with E-state index >= 15 is 0 Å². The minimum absolute atomic E-state index is 0. The van der Waals surface area contributed by atoms with E-state index in [0.29, 0.717) is 0 Å². The van der Waals surface area contributed by atoms with E-state index in [2.05, 4.69) is 16.8 Å². The molecule has 191 valence electrons. The Hall–Kier alpha value is -4.23. The molecule has 35 heavy (non-hydrogen) atoms. The van der Waals surface area contributed by atoms with Gasteiger partial charge in [0.25, 0.3) is 0 Å². The van der Waals surface area contributed by atoms with Gasteiger partial charge in [0.15, 0.2) is 6.17 Å². The van der Waals surface area contributed by atoms with E-state index in [1.807, 2.05) is 61.3 Å². The average Bonchev–Trinajstić information content (AvgIpc) is 3.23. The summed E-state index contributed by atoms with van der Waals surface area (Å²) in [5, 5.41) is 47.8. The summed E-state index contributed by atoms with van der Waals surface area (Å²) in [6.45, 7) is 12.4. The summed E-state index contributed by atoms with van der Waals surface area (Å²) in [6, 6.07) is 10.9. The molecule has 15 nitrogen and oxygen atoms in total. The molecule has 1 N–H and O–H groups in total. The standard InChI is InChI=1S/C18H20N4O2.CO.Cu.2NO3/c1-11-9-13(3)21(19-11)17(22-14(4)10-12(2)20-22)15-5-7-16(8-6-15)18(23)24;1-2;;2*2-1(3)4/h5-10,17H,1-4H3,(H,23,24);;;;/q;;+2;2*-1. The summed E-state index contributed by atoms with van der Waals surface area (Å²) in [7, 11) is 0. The Bertz CT molecular complexity index is 1080. The van der Waals surface area contributed by atoms with E-state index in [9.17, 15) is 4.79 Å². The van der Waals surface area contributed by atoms with E-state index in [1.165, 1.54) is 0 Å². The molecule has 0 unspecified atom stereocenters. The fourth-order valence-electron chi connectivity index (χ4n) is 2.97. The van der Waals surface area contributed by atoms with E-state index in [0.717, 1.165) is 28.3 Å². The number of aromatic nitrogens is 4. The van der Waals surface area contributed by atoms with Crippen LogP contribution in [-0.2, 0) is 21.7 Å². The zero-order chi connectivity index (χ0) is 26.6. The van der Waals surface area contributed by atoms with Crippen molar-refractivity contribution in [2.24, 2.45) is 0 Å². The summed E-state index contributed by atoms with van der Waals surface area (Å²) >= 11 is 0. The molecule has 0 aliphatic heterocycles. The predicted molar refractivity (Wildman–Crippen MR) is 115 cm³/mol. The summed E-state index contributed by atoms with van der Waals surface area (Å²) in [5.41, 5.74) is 5.10. The molecular weight excluding hydrogens is 520 g/mol. The van der Waals surface area contributed by atoms with Crippen LogP contribution in [0.2, 0.25) is 0 Å². The van der Waals surface area contributed by atoms with Gasteiger partial charge in [-0.1, -0.05) is 12.1 Å². The third kappa shape index (κ3) is 11.0. The first-order valence-electron chi connectivity index (χ1n) is 9.05. The molecule has 2 heterocycles. The summed E-state index contributed by atoms with van der Waals surface area (Å²) in [6.07, 6.45) is -0.254. The number of rotatable bonds is 4. The van der Waals surface area contributed by atoms with Gasteiger partial charge in [0.05, 0.1) is 27.1 Å². The predicted octanol–water partition coefficient (Wildman–Crippen LogP) is 2.59. The maximum absolute atomic E-state index is 11.1. The first-order chi connectivity index (χ1) is 15.8. The number of carboxylic acids is 1. The molecule has 0 saturated carbocycles. The fourth-order valence-corrected chi connectivity index (χ4v) is 2.97. The smallest absolute Gasteiger partial charge is 2.00 e. The second kappa shape index (κ2) is 15.6. The number of hydrogen-bond acceptors (Lipinski definition) is 9. The van der Waals surface area contributed by atoms with Crippen molar-refractivity contribution in [3.63, 3.8) is 0 Å². The van der Waals surface area contributed by atoms with Crippen LogP contribution < -0.4 is 0 Å². The van der Waals surface area contributed by atoms with E-state index < -0.39 is 16.1 Å². The molecule has 0 fully saturated rings. The Morgan fingerprint density at radius 3 is 1.43 bits per heavy atom. The molecule has 0 spiro atoms. The number of hydrogen-bond donors (Lipinski definition) is 1. The van der Waals surface area contributed by atoms with E-state index in [1.54, 1.807) is 12.1 Å². The van der Waals surface area contributed by atoms with Crippen LogP contribution in [0.25, 0.3) is 0 Å². The van der Waals surface area contributed by atoms with Crippen LogP contribution in [0.4, 0.5) is 0 Å². The van der Waals surface area contributed by atoms with Gasteiger partial charge >= 0.3 is 34.3 Å². The van der Waals surface area contributed by atoms with Crippen molar-refractivity contribution in [2.45, 2.75) is 33.9 Å². The molecule has 1 aromatic carbocycles. The summed E-state index contributed by atoms with van der Waals surface area (Å²) < 4.78 is 11.3. The molecule has 0 bridgehead atoms. The van der Waals surface area contributed by atoms with Gasteiger partial charge in [-0.3, -0.25) is 0 Å². The molecule has 3 aromatic rings. The Labute approximate surface area is 209 Å². The Kier molecular flexibility index (Phi) is 14.7. The van der Waals surface area contributed by atoms with Crippen LogP contribution >= 0.6 is 0 Å². The largest absolute Gasteiger partial charge is 2.00 e. The monoisotopic (exact) mass is 539 g/mol. The van der Waals surface area contributed by atoms with Crippen molar-refractivity contribution >= 4 is 5.97 Å². The number of benzene rings is 1. The zero-order valence-corrected chi connectivity index (χ0v) is 19.7. The normalized spacial score (nSPS) is 9.11. The number of carbonyl (C=O) groups is 1. The second-order valence-electron chi connectivity index (χ2n) is 6.49. The van der Waals surface area contributed by atoms with Crippen molar-refractivity contribution in [3.8, 4) is 0 Å². The molecule has 0 saturated heterocycles. The number of aryl methyl sites for hydroxylation is 4. The van der Waals surface area contributed by atoms with Crippen LogP contribution in [-0.4, -0.2) is 40.8 Å². The third-order valence-electron chi connectivity index (χ3n) is 4.01. The summed E-state index contributed by atoms with van der Waals surface area (Å²) in [4.78, 5) is 27.6. The minimum Gasteiger partial charge on any atom is 2.00 e. The van der Waals surface area contributed by atoms with Crippen molar-refractivity contribution in [1.29, 1.82) is 0 Å². The molecular formula is C19H20CuN6O9. The number of aromatic carboxylic acids is 1. The van der Waals surface area contributed by atoms with Crippen LogP contribution in [0.15, 0.2) is 36.4 Å². The van der Waals surface area contributed by atoms with Crippen molar-refractivity contribution in [3.05, 3.63) is 108 Å². The molecule has 0 amide bonds. The van der Waals surface area contributed by atoms with Crippen LogP contribution in [0, 0.1) is 65.0 Å². The molecule has 3 rings (SSSR count). The van der Waals surface area contributed by atoms with Gasteiger partial charge in [-0.25, -0.2) is 14.2 Å². The zero-order valence-electron chi connectivity index (χ0n) is 18.7. The van der Waals surface area contributed by atoms with Gasteiger partial charge < -0.3 is 35.7 Å². The Morgan fingerprint density at radius 2 is 1.20 bits per heavy atom. The quantitative estimate of drug-likeness (QED) is 0.167. The SMILES string of the molecule is Cc1cc(C)n(C(c2ccc(C(=O)O)cc2)n2nc(C)cc2C)n1.O=[N+]([O-])[O-].O=[N+]([O-])[O-].[C-]#[O+].[Cu+2]. The van der Waals surface area contributed by atoms with Crippen LogP contribution in [0.5, 0.6) is 0 Å². The second-order valence-corrected chi connectivity index (χ2v) is 6.49. The molecule has 0 aliphatic rings. The molecule has 0 aliphatic carbocycles. The maximum atomic E-state index is 11.1.